The lowest BCUT2D eigenvalue weighted by Gasteiger charge is -2.02. The molecule has 9 nitrogen and oxygen atoms in total. The average molecular weight is 326 g/mol. The van der Waals surface area contributed by atoms with Crippen LogP contribution in [0, 0.1) is 10.1 Å². The van der Waals surface area contributed by atoms with Gasteiger partial charge in [0.05, 0.1) is 4.92 Å². The van der Waals surface area contributed by atoms with Gasteiger partial charge in [0.15, 0.2) is 15.9 Å². The summed E-state index contributed by atoms with van der Waals surface area (Å²) in [7, 11) is 0. The van der Waals surface area contributed by atoms with Crippen molar-refractivity contribution in [3.8, 4) is 0 Å². The molecule has 11 heteroatoms. The van der Waals surface area contributed by atoms with E-state index in [9.17, 15) is 10.1 Å². The lowest BCUT2D eigenvalue weighted by atomic mass is 10.3. The zero-order chi connectivity index (χ0) is 15.4. The molecule has 2 rings (SSSR count). The summed E-state index contributed by atoms with van der Waals surface area (Å²) < 4.78 is 4.80. The largest absolute Gasteiger partial charge is 0.409 e. The minimum absolute atomic E-state index is 0.187. The molecule has 0 aliphatic heterocycles. The van der Waals surface area contributed by atoms with Crippen molar-refractivity contribution >= 4 is 34.8 Å². The summed E-state index contributed by atoms with van der Waals surface area (Å²) in [6, 6.07) is 2.73. The molecule has 0 bridgehead atoms. The van der Waals surface area contributed by atoms with E-state index in [1.165, 1.54) is 35.4 Å². The van der Waals surface area contributed by atoms with E-state index < -0.39 is 10.8 Å². The Labute approximate surface area is 127 Å². The van der Waals surface area contributed by atoms with Gasteiger partial charge in [-0.1, -0.05) is 12.1 Å². The minimum Gasteiger partial charge on any atom is -0.409 e. The number of oxime groups is 1. The van der Waals surface area contributed by atoms with Crippen LogP contribution in [0.15, 0.2) is 26.7 Å². The molecule has 0 aliphatic carbocycles. The van der Waals surface area contributed by atoms with Gasteiger partial charge in [-0.25, -0.2) is 9.97 Å². The zero-order valence-corrected chi connectivity index (χ0v) is 12.4. The molecule has 0 saturated heterocycles. The van der Waals surface area contributed by atoms with E-state index in [4.69, 9.17) is 10.9 Å². The van der Waals surface area contributed by atoms with E-state index in [1.807, 2.05) is 6.92 Å². The van der Waals surface area contributed by atoms with Crippen molar-refractivity contribution in [3.05, 3.63) is 33.8 Å². The van der Waals surface area contributed by atoms with Gasteiger partial charge in [0.25, 0.3) is 5.69 Å². The van der Waals surface area contributed by atoms with Crippen molar-refractivity contribution < 1.29 is 10.1 Å². The zero-order valence-electron chi connectivity index (χ0n) is 10.8. The number of aromatic nitrogens is 3. The molecule has 21 heavy (non-hydrogen) atoms. The highest BCUT2D eigenvalue weighted by Gasteiger charge is 2.20. The van der Waals surface area contributed by atoms with E-state index in [0.717, 1.165) is 12.2 Å². The molecule has 0 aromatic carbocycles. The van der Waals surface area contributed by atoms with Crippen molar-refractivity contribution in [1.29, 1.82) is 0 Å². The molecule has 110 valence electrons. The predicted octanol–water partition coefficient (Wildman–Crippen LogP) is 1.65. The van der Waals surface area contributed by atoms with Crippen LogP contribution in [0.4, 0.5) is 5.69 Å². The number of aryl methyl sites for hydroxylation is 1. The monoisotopic (exact) mass is 326 g/mol. The smallest absolute Gasteiger partial charge is 0.298 e. The third-order valence-electron chi connectivity index (χ3n) is 2.35. The highest BCUT2D eigenvalue weighted by atomic mass is 32.2. The van der Waals surface area contributed by atoms with Gasteiger partial charge >= 0.3 is 0 Å². The van der Waals surface area contributed by atoms with Crippen LogP contribution in [0.3, 0.4) is 0 Å². The molecule has 2 aromatic heterocycles. The van der Waals surface area contributed by atoms with Gasteiger partial charge in [-0.05, 0) is 29.4 Å². The second-order valence-corrected chi connectivity index (χ2v) is 5.71. The molecule has 0 aliphatic rings. The van der Waals surface area contributed by atoms with Gasteiger partial charge in [0, 0.05) is 12.5 Å². The Hall–Kier alpha value is -2.27. The molecule has 0 amide bonds. The van der Waals surface area contributed by atoms with Crippen LogP contribution in [0.5, 0.6) is 0 Å². The van der Waals surface area contributed by atoms with E-state index in [-0.39, 0.29) is 11.4 Å². The maximum atomic E-state index is 10.9. The first kappa shape index (κ1) is 15.1. The lowest BCUT2D eigenvalue weighted by Crippen LogP contribution is -2.17. The van der Waals surface area contributed by atoms with E-state index >= 15 is 0 Å². The molecule has 3 N–H and O–H groups in total. The highest BCUT2D eigenvalue weighted by molar-refractivity contribution is 8.00. The molecular weight excluding hydrogens is 316 g/mol. The summed E-state index contributed by atoms with van der Waals surface area (Å²) in [6.07, 6.45) is 0.722. The van der Waals surface area contributed by atoms with Crippen LogP contribution in [0.25, 0.3) is 0 Å². The quantitative estimate of drug-likeness (QED) is 0.278. The van der Waals surface area contributed by atoms with E-state index in [0.29, 0.717) is 9.37 Å². The fourth-order valence-corrected chi connectivity index (χ4v) is 3.01. The Bertz CT molecular complexity index is 702. The topological polar surface area (TPSA) is 140 Å². The average Bonchev–Trinajstić information content (AvgIpc) is 2.93. The third kappa shape index (κ3) is 3.44. The summed E-state index contributed by atoms with van der Waals surface area (Å²) in [4.78, 5) is 18.6. The fraction of sp³-hybridized carbons (Fsp3) is 0.200. The molecule has 0 fully saturated rings. The van der Waals surface area contributed by atoms with Gasteiger partial charge in [0.2, 0.25) is 0 Å². The predicted molar refractivity (Wildman–Crippen MR) is 76.8 cm³/mol. The van der Waals surface area contributed by atoms with Crippen LogP contribution < -0.4 is 5.73 Å². The normalized spacial score (nSPS) is 11.6. The molecule has 0 unspecified atom stereocenters. The summed E-state index contributed by atoms with van der Waals surface area (Å²) >= 11 is 2.42. The Morgan fingerprint density at radius 1 is 1.57 bits per heavy atom. The van der Waals surface area contributed by atoms with E-state index in [1.54, 1.807) is 0 Å². The Balaban J connectivity index is 2.35. The molecule has 0 radical (unpaired) electrons. The number of nitrogens with two attached hydrogens (primary N) is 1. The number of amidine groups is 1. The molecule has 0 spiro atoms. The third-order valence-corrected chi connectivity index (χ3v) is 4.08. The highest BCUT2D eigenvalue weighted by Crippen LogP contribution is 2.29. The van der Waals surface area contributed by atoms with Crippen LogP contribution in [0.1, 0.15) is 18.4 Å². The van der Waals surface area contributed by atoms with Crippen LogP contribution in [-0.2, 0) is 6.42 Å². The molecule has 2 aromatic rings. The Morgan fingerprint density at radius 2 is 2.33 bits per heavy atom. The van der Waals surface area contributed by atoms with Gasteiger partial charge in [-0.15, -0.1) is 0 Å². The standard InChI is InChI=1S/C10H10N6O3S2/c1-2-6-12-10(21-15-6)20-7-4-3-5(16(18)19)8(13-7)9(11)14-17/h3-4,17H,2H2,1H3,(H2,11,14). The second kappa shape index (κ2) is 6.45. The SMILES string of the molecule is CCc1nsc(Sc2ccc([N+](=O)[O-])c(/C(N)=N/O)n2)n1. The number of rotatable bonds is 5. The first-order chi connectivity index (χ1) is 10.0. The number of hydrogen-bond donors (Lipinski definition) is 2. The van der Waals surface area contributed by atoms with Crippen molar-refractivity contribution in [2.45, 2.75) is 22.7 Å². The van der Waals surface area contributed by atoms with Gasteiger partial charge in [0.1, 0.15) is 10.9 Å². The van der Waals surface area contributed by atoms with Crippen molar-refractivity contribution in [2.24, 2.45) is 10.9 Å². The maximum absolute atomic E-state index is 10.9. The number of hydrogen-bond acceptors (Lipinski definition) is 9. The van der Waals surface area contributed by atoms with Crippen LogP contribution in [0.2, 0.25) is 0 Å². The van der Waals surface area contributed by atoms with Crippen LogP contribution >= 0.6 is 23.3 Å². The van der Waals surface area contributed by atoms with Gasteiger partial charge in [-0.3, -0.25) is 10.1 Å². The van der Waals surface area contributed by atoms with Gasteiger partial charge < -0.3 is 10.9 Å². The van der Waals surface area contributed by atoms with E-state index in [2.05, 4.69) is 19.5 Å². The summed E-state index contributed by atoms with van der Waals surface area (Å²) in [5, 5.41) is 22.8. The molecular formula is C10H10N6O3S2. The molecule has 2 heterocycles. The lowest BCUT2D eigenvalue weighted by molar-refractivity contribution is -0.385. The fourth-order valence-electron chi connectivity index (χ4n) is 1.39. The molecule has 0 saturated carbocycles. The van der Waals surface area contributed by atoms with Crippen molar-refractivity contribution in [2.75, 3.05) is 0 Å². The number of pyridine rings is 1. The van der Waals surface area contributed by atoms with Crippen molar-refractivity contribution in [3.63, 3.8) is 0 Å². The maximum Gasteiger partial charge on any atom is 0.298 e. The first-order valence-corrected chi connectivity index (χ1v) is 7.28. The number of nitrogens with zero attached hydrogens (tertiary/aromatic N) is 5. The number of nitro groups is 1. The first-order valence-electron chi connectivity index (χ1n) is 5.69. The van der Waals surface area contributed by atoms with Crippen LogP contribution in [-0.4, -0.2) is 30.3 Å². The summed E-state index contributed by atoms with van der Waals surface area (Å²) in [5.41, 5.74) is 4.90. The Morgan fingerprint density at radius 3 is 2.90 bits per heavy atom. The second-order valence-electron chi connectivity index (χ2n) is 3.69. The van der Waals surface area contributed by atoms with Gasteiger partial charge in [-0.2, -0.15) is 4.37 Å². The Kier molecular flexibility index (Phi) is 4.65. The summed E-state index contributed by atoms with van der Waals surface area (Å²) in [6.45, 7) is 1.94. The van der Waals surface area contributed by atoms with Crippen molar-refractivity contribution in [1.82, 2.24) is 14.3 Å². The molecule has 0 atom stereocenters. The summed E-state index contributed by atoms with van der Waals surface area (Å²) in [5.74, 6) is 0.303. The minimum atomic E-state index is -0.644.